The van der Waals surface area contributed by atoms with Crippen molar-refractivity contribution < 1.29 is 9.53 Å². The predicted molar refractivity (Wildman–Crippen MR) is 96.2 cm³/mol. The molecule has 0 radical (unpaired) electrons. The van der Waals surface area contributed by atoms with Crippen molar-refractivity contribution in [3.8, 4) is 11.8 Å². The number of carbonyl (C=O) groups excluding carboxylic acids is 1. The summed E-state index contributed by atoms with van der Waals surface area (Å²) in [5.74, 6) is 0.774. The topological polar surface area (TPSA) is 55.0 Å². The van der Waals surface area contributed by atoms with E-state index in [1.165, 1.54) is 0 Å². The first-order valence-electron chi connectivity index (χ1n) is 8.16. The number of aromatic nitrogens is 1. The Labute approximate surface area is 146 Å². The fraction of sp³-hybridized carbons (Fsp3) is 0.238. The lowest BCUT2D eigenvalue weighted by Gasteiger charge is -2.33. The summed E-state index contributed by atoms with van der Waals surface area (Å²) in [4.78, 5) is 13.3. The fourth-order valence-corrected chi connectivity index (χ4v) is 4.10. The van der Waals surface area contributed by atoms with E-state index in [-0.39, 0.29) is 11.2 Å². The molecule has 4 heteroatoms. The van der Waals surface area contributed by atoms with Gasteiger partial charge in [-0.1, -0.05) is 19.9 Å². The van der Waals surface area contributed by atoms with Crippen molar-refractivity contribution in [3.05, 3.63) is 64.3 Å². The normalized spacial score (nSPS) is 14.8. The molecule has 0 aliphatic heterocycles. The molecule has 0 unspecified atom stereocenters. The van der Waals surface area contributed by atoms with Gasteiger partial charge in [0, 0.05) is 29.1 Å². The summed E-state index contributed by atoms with van der Waals surface area (Å²) in [5.41, 5.74) is 4.55. The van der Waals surface area contributed by atoms with E-state index in [1.807, 2.05) is 41.9 Å². The molecular formula is C21H18N2O2. The lowest BCUT2D eigenvalue weighted by molar-refractivity contribution is 0.103. The highest BCUT2D eigenvalue weighted by Gasteiger charge is 2.41. The Hall–Kier alpha value is -3.06. The minimum atomic E-state index is -0.353. The summed E-state index contributed by atoms with van der Waals surface area (Å²) in [6, 6.07) is 13.3. The van der Waals surface area contributed by atoms with Crippen LogP contribution in [0, 0.1) is 11.3 Å². The van der Waals surface area contributed by atoms with Gasteiger partial charge in [0.1, 0.15) is 5.75 Å². The molecule has 1 aliphatic rings. The molecule has 4 nitrogen and oxygen atoms in total. The van der Waals surface area contributed by atoms with Crippen molar-refractivity contribution in [1.29, 1.82) is 5.26 Å². The number of aryl methyl sites for hydroxylation is 1. The van der Waals surface area contributed by atoms with Gasteiger partial charge in [0.2, 0.25) is 0 Å². The first kappa shape index (κ1) is 15.5. The number of nitrogens with zero attached hydrogens (tertiary/aromatic N) is 2. The molecule has 0 saturated heterocycles. The summed E-state index contributed by atoms with van der Waals surface area (Å²) in [7, 11) is 3.59. The van der Waals surface area contributed by atoms with Crippen molar-refractivity contribution in [2.24, 2.45) is 7.05 Å². The van der Waals surface area contributed by atoms with E-state index in [2.05, 4.69) is 19.9 Å². The van der Waals surface area contributed by atoms with E-state index < -0.39 is 0 Å². The Morgan fingerprint density at radius 2 is 1.92 bits per heavy atom. The molecule has 3 aromatic rings. The van der Waals surface area contributed by atoms with Crippen molar-refractivity contribution in [2.45, 2.75) is 19.3 Å². The quantitative estimate of drug-likeness (QED) is 0.679. The maximum Gasteiger partial charge on any atom is 0.195 e. The molecule has 1 heterocycles. The van der Waals surface area contributed by atoms with Gasteiger partial charge in [0.25, 0.3) is 0 Å². The molecule has 0 bridgehead atoms. The maximum atomic E-state index is 13.3. The van der Waals surface area contributed by atoms with Crippen LogP contribution < -0.4 is 4.74 Å². The van der Waals surface area contributed by atoms with Crippen LogP contribution in [0.1, 0.15) is 46.6 Å². The van der Waals surface area contributed by atoms with E-state index in [0.29, 0.717) is 5.56 Å². The van der Waals surface area contributed by atoms with Gasteiger partial charge in [-0.2, -0.15) is 5.26 Å². The molecule has 4 rings (SSSR count). The fourth-order valence-electron chi connectivity index (χ4n) is 4.10. The Bertz CT molecular complexity index is 1100. The summed E-state index contributed by atoms with van der Waals surface area (Å²) in [6.45, 7) is 4.25. The van der Waals surface area contributed by atoms with Gasteiger partial charge in [-0.05, 0) is 35.9 Å². The molecule has 124 valence electrons. The minimum Gasteiger partial charge on any atom is -0.497 e. The minimum absolute atomic E-state index is 0.0299. The zero-order valence-corrected chi connectivity index (χ0v) is 14.7. The number of methoxy groups -OCH3 is 1. The Balaban J connectivity index is 2.11. The second kappa shape index (κ2) is 4.97. The lowest BCUT2D eigenvalue weighted by Crippen LogP contribution is -2.32. The standard InChI is InChI=1S/C21H18N2O2/c1-21(2)16-10-13(25-4)6-8-14(16)19(24)18-15-7-5-12(11-22)9-17(15)23(3)20(18)21/h5-10H,1-4H3. The number of benzene rings is 2. The number of carbonyl (C=O) groups is 1. The van der Waals surface area contributed by atoms with Crippen molar-refractivity contribution in [2.75, 3.05) is 7.11 Å². The largest absolute Gasteiger partial charge is 0.497 e. The molecule has 1 aromatic heterocycles. The number of hydrogen-bond donors (Lipinski definition) is 0. The average Bonchev–Trinajstić information content (AvgIpc) is 2.92. The van der Waals surface area contributed by atoms with Gasteiger partial charge >= 0.3 is 0 Å². The molecular weight excluding hydrogens is 312 g/mol. The van der Waals surface area contributed by atoms with Gasteiger partial charge in [-0.15, -0.1) is 0 Å². The Morgan fingerprint density at radius 1 is 1.16 bits per heavy atom. The van der Waals surface area contributed by atoms with Crippen LogP contribution in [0.4, 0.5) is 0 Å². The Morgan fingerprint density at radius 3 is 2.60 bits per heavy atom. The van der Waals surface area contributed by atoms with E-state index in [4.69, 9.17) is 4.74 Å². The van der Waals surface area contributed by atoms with Crippen LogP contribution in [0.25, 0.3) is 10.9 Å². The lowest BCUT2D eigenvalue weighted by atomic mass is 9.71. The van der Waals surface area contributed by atoms with E-state index in [1.54, 1.807) is 13.2 Å². The molecule has 2 aromatic carbocycles. The van der Waals surface area contributed by atoms with Gasteiger partial charge in [0.05, 0.1) is 29.8 Å². The first-order chi connectivity index (χ1) is 11.9. The highest BCUT2D eigenvalue weighted by Crippen LogP contribution is 2.45. The third-order valence-corrected chi connectivity index (χ3v) is 5.29. The van der Waals surface area contributed by atoms with Crippen LogP contribution in [0.5, 0.6) is 5.75 Å². The van der Waals surface area contributed by atoms with Crippen molar-refractivity contribution >= 4 is 16.7 Å². The summed E-state index contributed by atoms with van der Waals surface area (Å²) in [6.07, 6.45) is 0. The number of fused-ring (bicyclic) bond motifs is 4. The van der Waals surface area contributed by atoms with Crippen LogP contribution in [-0.4, -0.2) is 17.5 Å². The summed E-state index contributed by atoms with van der Waals surface area (Å²) >= 11 is 0. The molecule has 1 aliphatic carbocycles. The second-order valence-electron chi connectivity index (χ2n) is 6.99. The third kappa shape index (κ3) is 1.90. The van der Waals surface area contributed by atoms with Crippen LogP contribution in [0.15, 0.2) is 36.4 Å². The predicted octanol–water partition coefficient (Wildman–Crippen LogP) is 3.93. The average molecular weight is 330 g/mol. The van der Waals surface area contributed by atoms with E-state index in [9.17, 15) is 10.1 Å². The smallest absolute Gasteiger partial charge is 0.195 e. The second-order valence-corrected chi connectivity index (χ2v) is 6.99. The zero-order valence-electron chi connectivity index (χ0n) is 14.7. The van der Waals surface area contributed by atoms with Crippen molar-refractivity contribution in [3.63, 3.8) is 0 Å². The molecule has 0 fully saturated rings. The first-order valence-corrected chi connectivity index (χ1v) is 8.16. The van der Waals surface area contributed by atoms with E-state index >= 15 is 0 Å². The molecule has 25 heavy (non-hydrogen) atoms. The summed E-state index contributed by atoms with van der Waals surface area (Å²) in [5, 5.41) is 10.1. The summed E-state index contributed by atoms with van der Waals surface area (Å²) < 4.78 is 7.41. The highest BCUT2D eigenvalue weighted by molar-refractivity contribution is 6.20. The highest BCUT2D eigenvalue weighted by atomic mass is 16.5. The number of ketones is 1. The van der Waals surface area contributed by atoms with Crippen LogP contribution in [-0.2, 0) is 12.5 Å². The number of ether oxygens (including phenoxy) is 1. The van der Waals surface area contributed by atoms with Gasteiger partial charge in [-0.3, -0.25) is 4.79 Å². The monoisotopic (exact) mass is 330 g/mol. The van der Waals surface area contributed by atoms with Crippen LogP contribution >= 0.6 is 0 Å². The van der Waals surface area contributed by atoms with Gasteiger partial charge in [-0.25, -0.2) is 0 Å². The number of rotatable bonds is 1. The molecule has 0 saturated carbocycles. The van der Waals surface area contributed by atoms with Crippen molar-refractivity contribution in [1.82, 2.24) is 4.57 Å². The van der Waals surface area contributed by atoms with Crippen LogP contribution in [0.3, 0.4) is 0 Å². The maximum absolute atomic E-state index is 13.3. The van der Waals surface area contributed by atoms with E-state index in [0.717, 1.165) is 39.0 Å². The number of hydrogen-bond acceptors (Lipinski definition) is 3. The Kier molecular flexibility index (Phi) is 3.07. The van der Waals surface area contributed by atoms with Gasteiger partial charge < -0.3 is 9.30 Å². The molecule has 0 atom stereocenters. The number of nitriles is 1. The SMILES string of the molecule is COc1ccc2c(c1)C(C)(C)c1c(c3ccc(C#N)cc3n1C)C2=O. The molecule has 0 spiro atoms. The molecule has 0 N–H and O–H groups in total. The van der Waals surface area contributed by atoms with Crippen LogP contribution in [0.2, 0.25) is 0 Å². The molecule has 0 amide bonds. The zero-order chi connectivity index (χ0) is 17.9. The third-order valence-electron chi connectivity index (χ3n) is 5.29. The van der Waals surface area contributed by atoms with Gasteiger partial charge in [0.15, 0.2) is 5.78 Å².